The molecule has 1 aromatic carbocycles. The lowest BCUT2D eigenvalue weighted by atomic mass is 9.84. The van der Waals surface area contributed by atoms with Crippen molar-refractivity contribution < 1.29 is 51.0 Å². The molecule has 1 saturated heterocycles. The fraction of sp³-hybridized carbons (Fsp3) is 0.634. The summed E-state index contributed by atoms with van der Waals surface area (Å²) in [5.41, 5.74) is -4.03. The van der Waals surface area contributed by atoms with Gasteiger partial charge in [-0.25, -0.2) is 27.0 Å². The van der Waals surface area contributed by atoms with E-state index >= 15 is 13.6 Å². The lowest BCUT2D eigenvalue weighted by Crippen LogP contribution is -2.66. The average Bonchev–Trinajstić information content (AvgIpc) is 4.02. The second-order valence-corrected chi connectivity index (χ2v) is 19.6. The number of ether oxygens (including phenoxy) is 2. The number of hydrogen-bond acceptors (Lipinski definition) is 9. The number of aromatic nitrogens is 1. The van der Waals surface area contributed by atoms with Crippen LogP contribution in [-0.4, -0.2) is 105 Å². The molecule has 7 atom stereocenters. The van der Waals surface area contributed by atoms with E-state index in [1.165, 1.54) is 6.20 Å². The summed E-state index contributed by atoms with van der Waals surface area (Å²) in [5, 5.41) is 14.7. The van der Waals surface area contributed by atoms with Crippen molar-refractivity contribution in [3.8, 4) is 11.6 Å². The molecule has 0 unspecified atom stereocenters. The predicted molar refractivity (Wildman–Crippen MR) is 211 cm³/mol. The van der Waals surface area contributed by atoms with E-state index in [4.69, 9.17) is 9.47 Å². The Morgan fingerprint density at radius 2 is 1.79 bits per heavy atom. The highest BCUT2D eigenvalue weighted by Crippen LogP contribution is 2.48. The molecule has 3 N–H and O–H groups in total. The van der Waals surface area contributed by atoms with Gasteiger partial charge in [-0.2, -0.15) is 0 Å². The number of allylic oxidation sites excluding steroid dienone is 1. The van der Waals surface area contributed by atoms with Gasteiger partial charge >= 0.3 is 6.09 Å². The van der Waals surface area contributed by atoms with Crippen LogP contribution in [0.3, 0.4) is 0 Å². The number of carbonyl (C=O) groups excluding carboxylic acids is 3. The number of hydrogen-bond donors (Lipinski definition) is 3. The molecule has 3 fully saturated rings. The second-order valence-electron chi connectivity index (χ2n) is 17.4. The van der Waals surface area contributed by atoms with Crippen LogP contribution in [0.5, 0.6) is 11.6 Å². The molecule has 2 saturated carbocycles. The van der Waals surface area contributed by atoms with Gasteiger partial charge in [0.1, 0.15) is 35.0 Å². The monoisotopic (exact) mass is 831 g/mol. The van der Waals surface area contributed by atoms with E-state index in [0.29, 0.717) is 67.1 Å². The Hall–Kier alpha value is -4.54. The molecule has 3 heterocycles. The van der Waals surface area contributed by atoms with Gasteiger partial charge in [0.05, 0.1) is 24.1 Å². The summed E-state index contributed by atoms with van der Waals surface area (Å²) in [4.78, 5) is 63.0. The summed E-state index contributed by atoms with van der Waals surface area (Å²) in [6.07, 6.45) is 4.61. The van der Waals surface area contributed by atoms with Gasteiger partial charge in [-0.1, -0.05) is 44.2 Å². The fourth-order valence-electron chi connectivity index (χ4n) is 8.32. The Kier molecular flexibility index (Phi) is 11.6. The molecule has 0 spiro atoms. The van der Waals surface area contributed by atoms with Crippen LogP contribution in [0.25, 0.3) is 10.8 Å². The highest BCUT2D eigenvalue weighted by molar-refractivity contribution is 7.91. The van der Waals surface area contributed by atoms with Crippen LogP contribution in [-0.2, 0) is 24.4 Å². The van der Waals surface area contributed by atoms with Crippen LogP contribution in [0.15, 0.2) is 42.6 Å². The van der Waals surface area contributed by atoms with Crippen LogP contribution < -0.4 is 19.5 Å². The van der Waals surface area contributed by atoms with Crippen molar-refractivity contribution in [2.45, 2.75) is 133 Å². The molecule has 4 aliphatic rings. The number of nitrogens with one attached hydrogen (secondary N) is 2. The van der Waals surface area contributed by atoms with E-state index in [1.807, 2.05) is 32.1 Å². The molecule has 0 radical (unpaired) electrons. The molecule has 2 aliphatic carbocycles. The third kappa shape index (κ3) is 8.07. The molecule has 14 nitrogen and oxygen atoms in total. The highest BCUT2D eigenvalue weighted by Gasteiger charge is 2.63. The number of carboxylic acid groups (broad SMARTS) is 1. The minimum Gasteiger partial charge on any atom is -0.492 e. The largest absolute Gasteiger partial charge is 0.492 e. The van der Waals surface area contributed by atoms with Gasteiger partial charge in [-0.15, -0.1) is 0 Å². The first kappa shape index (κ1) is 43.0. The smallest absolute Gasteiger partial charge is 0.408 e. The number of carbonyl (C=O) groups is 4. The van der Waals surface area contributed by atoms with Gasteiger partial charge in [-0.05, 0) is 84.1 Å². The van der Waals surface area contributed by atoms with Crippen LogP contribution in [0.4, 0.5) is 13.6 Å². The van der Waals surface area contributed by atoms with E-state index in [1.54, 1.807) is 32.1 Å². The molecule has 2 aromatic rings. The first-order valence-electron chi connectivity index (χ1n) is 20.0. The van der Waals surface area contributed by atoms with Crippen molar-refractivity contribution in [3.05, 3.63) is 42.6 Å². The number of amides is 4. The Bertz CT molecular complexity index is 2090. The zero-order chi connectivity index (χ0) is 42.6. The predicted octanol–water partition coefficient (Wildman–Crippen LogP) is 5.65. The molecule has 6 rings (SSSR count). The number of pyridine rings is 1. The summed E-state index contributed by atoms with van der Waals surface area (Å²) in [6.45, 7) is 9.82. The van der Waals surface area contributed by atoms with Gasteiger partial charge in [0.15, 0.2) is 0 Å². The summed E-state index contributed by atoms with van der Waals surface area (Å²) in [5.74, 6) is -6.91. The highest BCUT2D eigenvalue weighted by atomic mass is 32.2. The Morgan fingerprint density at radius 1 is 1.12 bits per heavy atom. The first-order valence-corrected chi connectivity index (χ1v) is 21.5. The van der Waals surface area contributed by atoms with E-state index < -0.39 is 85.6 Å². The summed E-state index contributed by atoms with van der Waals surface area (Å²) >= 11 is 0. The van der Waals surface area contributed by atoms with Gasteiger partial charge < -0.3 is 24.8 Å². The molecule has 58 heavy (non-hydrogen) atoms. The Labute approximate surface area is 338 Å². The third-order valence-electron chi connectivity index (χ3n) is 12.7. The molecule has 0 bridgehead atoms. The van der Waals surface area contributed by atoms with Crippen LogP contribution >= 0.6 is 0 Å². The number of halogens is 2. The molecule has 1 aromatic heterocycles. The molecule has 318 valence electrons. The number of nitrogens with zero attached hydrogens (tertiary/aromatic N) is 3. The van der Waals surface area contributed by atoms with E-state index in [-0.39, 0.29) is 31.2 Å². The zero-order valence-electron chi connectivity index (χ0n) is 34.1. The zero-order valence-corrected chi connectivity index (χ0v) is 34.9. The SMILES string of the molecule is CCOc1cnc(O[C@@H]2C[C@H]3C(=O)N[C@]4(C(=O)NS(=O)(=O)C5(C)CC5)C[C@H]4C=CCC[C@H](C)C[C@@H](C)[C@H](N(C(=O)O)C(C)(C)C(C)(F)F)C(=O)N3C2)c2ccccc12. The number of fused-ring (bicyclic) bond motifs is 3. The summed E-state index contributed by atoms with van der Waals surface area (Å²) in [7, 11) is -4.09. The quantitative estimate of drug-likeness (QED) is 0.253. The van der Waals surface area contributed by atoms with Crippen LogP contribution in [0.1, 0.15) is 93.4 Å². The standard InChI is InChI=1S/C41H55F2N5O9S/c1-8-56-31-22-44-34(29-16-12-11-15-28(29)31)57-27-20-30-33(49)45-41(36(51)46-58(54,55)39(6)17-18-39)21-26(41)14-10-9-13-24(2)19-25(3)32(35(50)47(30)23-27)48(37(52)53)38(4,5)40(7,42)43/h10-12,14-16,22,24-27,30,32H,8-9,13,17-21,23H2,1-7H3,(H,45,49)(H,46,51)(H,52,53)/t24-,25+,26+,27+,30-,32-,41+/m0/s1. The van der Waals surface area contributed by atoms with Gasteiger partial charge in [0.2, 0.25) is 27.7 Å². The number of alkyl halides is 2. The van der Waals surface area contributed by atoms with Crippen molar-refractivity contribution >= 4 is 44.6 Å². The molecule has 2 aliphatic heterocycles. The van der Waals surface area contributed by atoms with Crippen molar-refractivity contribution in [3.63, 3.8) is 0 Å². The van der Waals surface area contributed by atoms with Crippen molar-refractivity contribution in [1.82, 2.24) is 24.8 Å². The van der Waals surface area contributed by atoms with Crippen molar-refractivity contribution in [1.29, 1.82) is 0 Å². The number of rotatable bonds is 10. The van der Waals surface area contributed by atoms with Gasteiger partial charge in [0, 0.05) is 30.0 Å². The maximum absolute atomic E-state index is 15.4. The topological polar surface area (TPSA) is 185 Å². The third-order valence-corrected chi connectivity index (χ3v) is 14.8. The molecular formula is C41H55F2N5O9S. The van der Waals surface area contributed by atoms with Crippen molar-refractivity contribution in [2.75, 3.05) is 13.2 Å². The second kappa shape index (κ2) is 15.6. The molecular weight excluding hydrogens is 777 g/mol. The summed E-state index contributed by atoms with van der Waals surface area (Å²) in [6, 6.07) is 4.19. The minimum absolute atomic E-state index is 0.0950. The van der Waals surface area contributed by atoms with Crippen LogP contribution in [0.2, 0.25) is 0 Å². The van der Waals surface area contributed by atoms with Gasteiger partial charge in [-0.3, -0.25) is 24.0 Å². The van der Waals surface area contributed by atoms with E-state index in [2.05, 4.69) is 15.0 Å². The average molecular weight is 832 g/mol. The normalized spacial score (nSPS) is 28.9. The number of benzene rings is 1. The Morgan fingerprint density at radius 3 is 2.41 bits per heavy atom. The lowest BCUT2D eigenvalue weighted by molar-refractivity contribution is -0.156. The maximum atomic E-state index is 15.4. The van der Waals surface area contributed by atoms with E-state index in [0.717, 1.165) is 18.7 Å². The maximum Gasteiger partial charge on any atom is 0.408 e. The van der Waals surface area contributed by atoms with Crippen LogP contribution in [0, 0.1) is 17.8 Å². The van der Waals surface area contributed by atoms with E-state index in [9.17, 15) is 27.9 Å². The minimum atomic E-state index is -4.09. The molecule has 17 heteroatoms. The fourth-order valence-corrected chi connectivity index (χ4v) is 9.63. The van der Waals surface area contributed by atoms with Gasteiger partial charge in [0.25, 0.3) is 11.8 Å². The lowest BCUT2D eigenvalue weighted by Gasteiger charge is -2.47. The van der Waals surface area contributed by atoms with Crippen molar-refractivity contribution in [2.24, 2.45) is 17.8 Å². The Balaban J connectivity index is 1.42. The summed E-state index contributed by atoms with van der Waals surface area (Å²) < 4.78 is 70.5. The number of sulfonamides is 1. The first-order chi connectivity index (χ1) is 27.1. The molecule has 4 amide bonds.